The number of nitrogens with one attached hydrogen (secondary N) is 2. The number of hydrogen-bond donors (Lipinski definition) is 2. The Morgan fingerprint density at radius 2 is 1.75 bits per heavy atom. The van der Waals surface area contributed by atoms with E-state index in [1.807, 2.05) is 50.2 Å². The lowest BCUT2D eigenvalue weighted by molar-refractivity contribution is -0.111. The maximum atomic E-state index is 12.4. The van der Waals surface area contributed by atoms with Gasteiger partial charge in [0.1, 0.15) is 0 Å². The van der Waals surface area contributed by atoms with Gasteiger partial charge in [-0.1, -0.05) is 29.8 Å². The molecule has 0 radical (unpaired) electrons. The number of benzene rings is 2. The molecule has 0 saturated heterocycles. The van der Waals surface area contributed by atoms with Crippen LogP contribution in [0, 0.1) is 13.8 Å². The van der Waals surface area contributed by atoms with Gasteiger partial charge in [0.05, 0.1) is 0 Å². The third-order valence-corrected chi connectivity index (χ3v) is 4.18. The van der Waals surface area contributed by atoms with E-state index in [-0.39, 0.29) is 11.8 Å². The summed E-state index contributed by atoms with van der Waals surface area (Å²) in [6.07, 6.45) is 6.50. The quantitative estimate of drug-likeness (QED) is 0.644. The highest BCUT2D eigenvalue weighted by Gasteiger charge is 2.08. The van der Waals surface area contributed by atoms with Crippen LogP contribution in [0.1, 0.15) is 27.0 Å². The number of carbonyl (C=O) groups is 2. The van der Waals surface area contributed by atoms with Crippen LogP contribution in [-0.2, 0) is 4.79 Å². The van der Waals surface area contributed by atoms with Crippen LogP contribution in [0.2, 0.25) is 0 Å². The highest BCUT2D eigenvalue weighted by atomic mass is 16.2. The molecule has 140 valence electrons. The Bertz CT molecular complexity index is 1010. The van der Waals surface area contributed by atoms with Crippen LogP contribution in [0.4, 0.5) is 11.4 Å². The Kier molecular flexibility index (Phi) is 5.97. The number of aryl methyl sites for hydroxylation is 2. The van der Waals surface area contributed by atoms with Gasteiger partial charge in [0, 0.05) is 35.4 Å². The zero-order valence-electron chi connectivity index (χ0n) is 15.8. The third-order valence-electron chi connectivity index (χ3n) is 4.18. The first-order valence-corrected chi connectivity index (χ1v) is 8.89. The van der Waals surface area contributed by atoms with Gasteiger partial charge in [0.25, 0.3) is 5.91 Å². The molecule has 0 aliphatic rings. The summed E-state index contributed by atoms with van der Waals surface area (Å²) >= 11 is 0. The first-order chi connectivity index (χ1) is 13.5. The Labute approximate surface area is 164 Å². The van der Waals surface area contributed by atoms with Crippen LogP contribution in [0.15, 0.2) is 73.1 Å². The maximum Gasteiger partial charge on any atom is 0.255 e. The van der Waals surface area contributed by atoms with Gasteiger partial charge in [-0.05, 0) is 61.4 Å². The molecule has 0 aliphatic carbocycles. The van der Waals surface area contributed by atoms with Gasteiger partial charge in [-0.15, -0.1) is 0 Å². The van der Waals surface area contributed by atoms with Crippen molar-refractivity contribution >= 4 is 29.3 Å². The molecular formula is C23H21N3O2. The second kappa shape index (κ2) is 8.77. The van der Waals surface area contributed by atoms with Crippen molar-refractivity contribution in [3.05, 3.63) is 95.3 Å². The second-order valence-corrected chi connectivity index (χ2v) is 6.46. The Morgan fingerprint density at radius 3 is 2.46 bits per heavy atom. The van der Waals surface area contributed by atoms with Crippen molar-refractivity contribution in [1.29, 1.82) is 0 Å². The molecule has 1 heterocycles. The van der Waals surface area contributed by atoms with E-state index in [1.165, 1.54) is 6.08 Å². The van der Waals surface area contributed by atoms with Crippen molar-refractivity contribution in [1.82, 2.24) is 4.98 Å². The van der Waals surface area contributed by atoms with E-state index in [1.54, 1.807) is 36.7 Å². The molecule has 0 atom stereocenters. The fraction of sp³-hybridized carbons (Fsp3) is 0.0870. The van der Waals surface area contributed by atoms with Gasteiger partial charge in [-0.2, -0.15) is 0 Å². The summed E-state index contributed by atoms with van der Waals surface area (Å²) in [7, 11) is 0. The number of amides is 2. The second-order valence-electron chi connectivity index (χ2n) is 6.46. The molecule has 3 aromatic rings. The van der Waals surface area contributed by atoms with Gasteiger partial charge >= 0.3 is 0 Å². The minimum absolute atomic E-state index is 0.197. The number of carbonyl (C=O) groups excluding carboxylic acids is 2. The molecule has 0 saturated carbocycles. The van der Waals surface area contributed by atoms with Crippen molar-refractivity contribution in [3.8, 4) is 0 Å². The molecule has 0 unspecified atom stereocenters. The van der Waals surface area contributed by atoms with Crippen LogP contribution >= 0.6 is 0 Å². The number of aromatic nitrogens is 1. The van der Waals surface area contributed by atoms with Crippen molar-refractivity contribution in [3.63, 3.8) is 0 Å². The third kappa shape index (κ3) is 5.14. The lowest BCUT2D eigenvalue weighted by Gasteiger charge is -2.11. The summed E-state index contributed by atoms with van der Waals surface area (Å²) in [5, 5.41) is 5.70. The van der Waals surface area contributed by atoms with E-state index in [4.69, 9.17) is 0 Å². The zero-order chi connectivity index (χ0) is 19.9. The summed E-state index contributed by atoms with van der Waals surface area (Å²) in [6.45, 7) is 3.87. The Morgan fingerprint density at radius 1 is 0.964 bits per heavy atom. The fourth-order valence-corrected chi connectivity index (χ4v) is 2.56. The molecule has 0 bridgehead atoms. The predicted octanol–water partition coefficient (Wildman–Crippen LogP) is 4.60. The molecule has 28 heavy (non-hydrogen) atoms. The van der Waals surface area contributed by atoms with Crippen LogP contribution in [-0.4, -0.2) is 16.8 Å². The number of anilines is 2. The van der Waals surface area contributed by atoms with Gasteiger partial charge in [0.15, 0.2) is 0 Å². The summed E-state index contributed by atoms with van der Waals surface area (Å²) in [5.41, 5.74) is 4.67. The standard InChI is InChI=1S/C23H21N3O2/c1-16-5-9-19(10-6-16)23(28)25-20-11-7-17(2)21(14-20)26-22(27)12-8-18-4-3-13-24-15-18/h3-15H,1-2H3,(H,25,28)(H,26,27). The van der Waals surface area contributed by atoms with Gasteiger partial charge in [-0.3, -0.25) is 14.6 Å². The fourth-order valence-electron chi connectivity index (χ4n) is 2.56. The topological polar surface area (TPSA) is 71.1 Å². The van der Waals surface area contributed by atoms with Crippen molar-refractivity contribution < 1.29 is 9.59 Å². The van der Waals surface area contributed by atoms with Crippen LogP contribution in [0.3, 0.4) is 0 Å². The first-order valence-electron chi connectivity index (χ1n) is 8.89. The van der Waals surface area contributed by atoms with Gasteiger partial charge in [-0.25, -0.2) is 0 Å². The zero-order valence-corrected chi connectivity index (χ0v) is 15.8. The molecule has 1 aromatic heterocycles. The molecule has 0 fully saturated rings. The number of rotatable bonds is 5. The summed E-state index contributed by atoms with van der Waals surface area (Å²) < 4.78 is 0. The average molecular weight is 371 g/mol. The normalized spacial score (nSPS) is 10.6. The van der Waals surface area contributed by atoms with Gasteiger partial charge in [0.2, 0.25) is 5.91 Å². The SMILES string of the molecule is Cc1ccc(C(=O)Nc2ccc(C)c(NC(=O)C=Cc3cccnc3)c2)cc1. The maximum absolute atomic E-state index is 12.4. The minimum atomic E-state index is -0.256. The summed E-state index contributed by atoms with van der Waals surface area (Å²) in [6, 6.07) is 16.4. The van der Waals surface area contributed by atoms with E-state index < -0.39 is 0 Å². The number of nitrogens with zero attached hydrogens (tertiary/aromatic N) is 1. The van der Waals surface area contributed by atoms with Crippen LogP contribution < -0.4 is 10.6 Å². The van der Waals surface area contributed by atoms with E-state index in [9.17, 15) is 9.59 Å². The lowest BCUT2D eigenvalue weighted by atomic mass is 10.1. The van der Waals surface area contributed by atoms with Crippen LogP contribution in [0.5, 0.6) is 0 Å². The Balaban J connectivity index is 1.69. The first kappa shape index (κ1) is 19.0. The minimum Gasteiger partial charge on any atom is -0.322 e. The highest BCUT2D eigenvalue weighted by Crippen LogP contribution is 2.21. The van der Waals surface area contributed by atoms with Crippen molar-refractivity contribution in [2.45, 2.75) is 13.8 Å². The number of pyridine rings is 1. The lowest BCUT2D eigenvalue weighted by Crippen LogP contribution is -2.13. The Hall–Kier alpha value is -3.73. The van der Waals surface area contributed by atoms with E-state index in [0.717, 1.165) is 16.7 Å². The van der Waals surface area contributed by atoms with Crippen LogP contribution in [0.25, 0.3) is 6.08 Å². The van der Waals surface area contributed by atoms with Crippen molar-refractivity contribution in [2.75, 3.05) is 10.6 Å². The smallest absolute Gasteiger partial charge is 0.255 e. The van der Waals surface area contributed by atoms with E-state index in [0.29, 0.717) is 16.9 Å². The molecular weight excluding hydrogens is 350 g/mol. The largest absolute Gasteiger partial charge is 0.322 e. The summed E-state index contributed by atoms with van der Waals surface area (Å²) in [5.74, 6) is -0.452. The van der Waals surface area contributed by atoms with E-state index in [2.05, 4.69) is 15.6 Å². The molecule has 2 amide bonds. The molecule has 3 rings (SSSR count). The molecule has 5 nitrogen and oxygen atoms in total. The average Bonchev–Trinajstić information content (AvgIpc) is 2.70. The highest BCUT2D eigenvalue weighted by molar-refractivity contribution is 6.05. The molecule has 5 heteroatoms. The molecule has 2 aromatic carbocycles. The molecule has 0 aliphatic heterocycles. The van der Waals surface area contributed by atoms with Crippen molar-refractivity contribution in [2.24, 2.45) is 0 Å². The van der Waals surface area contributed by atoms with E-state index >= 15 is 0 Å². The van der Waals surface area contributed by atoms with Gasteiger partial charge < -0.3 is 10.6 Å². The molecule has 2 N–H and O–H groups in total. The molecule has 0 spiro atoms. The predicted molar refractivity (Wildman–Crippen MR) is 112 cm³/mol. The monoisotopic (exact) mass is 371 g/mol. The summed E-state index contributed by atoms with van der Waals surface area (Å²) in [4.78, 5) is 28.6. The number of hydrogen-bond acceptors (Lipinski definition) is 3.